The Balaban J connectivity index is 1.47. The van der Waals surface area contributed by atoms with Crippen LogP contribution in [0.15, 0.2) is 34.9 Å². The molecule has 7 heteroatoms. The summed E-state index contributed by atoms with van der Waals surface area (Å²) in [5.74, 6) is 0.653. The van der Waals surface area contributed by atoms with Gasteiger partial charge in [-0.15, -0.1) is 0 Å². The van der Waals surface area contributed by atoms with E-state index in [1.807, 2.05) is 29.2 Å². The molecule has 1 saturated carbocycles. The number of hydrogen-bond acceptors (Lipinski definition) is 4. The number of carbonyl (C=O) groups excluding carboxylic acids is 2. The van der Waals surface area contributed by atoms with Crippen LogP contribution in [0.5, 0.6) is 0 Å². The van der Waals surface area contributed by atoms with Gasteiger partial charge in [-0.25, -0.2) is 0 Å². The number of hydrogen-bond donors (Lipinski definition) is 0. The van der Waals surface area contributed by atoms with Crippen molar-refractivity contribution in [1.82, 2.24) is 15.0 Å². The standard InChI is InChI=1S/C21H24ClN3O3/c1-15-14-18(23-28-15)19(26)24-10-3-11-25(13-12-24)20(27)21(8-2-9-21)16-4-6-17(22)7-5-16/h4-7,14H,2-3,8-13H2,1H3. The molecule has 1 aromatic carbocycles. The highest BCUT2D eigenvalue weighted by molar-refractivity contribution is 6.30. The molecule has 148 valence electrons. The number of aryl methyl sites for hydroxylation is 1. The third kappa shape index (κ3) is 3.41. The fourth-order valence-corrected chi connectivity index (χ4v) is 4.31. The van der Waals surface area contributed by atoms with Crippen LogP contribution in [0.1, 0.15) is 47.5 Å². The third-order valence-electron chi connectivity index (χ3n) is 5.93. The Labute approximate surface area is 169 Å². The lowest BCUT2D eigenvalue weighted by atomic mass is 9.63. The predicted molar refractivity (Wildman–Crippen MR) is 105 cm³/mol. The second-order valence-corrected chi connectivity index (χ2v) is 8.14. The van der Waals surface area contributed by atoms with Crippen LogP contribution >= 0.6 is 11.6 Å². The Morgan fingerprint density at radius 3 is 2.32 bits per heavy atom. The molecule has 0 radical (unpaired) electrons. The van der Waals surface area contributed by atoms with Gasteiger partial charge in [-0.3, -0.25) is 9.59 Å². The molecule has 2 aromatic rings. The van der Waals surface area contributed by atoms with Crippen LogP contribution < -0.4 is 0 Å². The van der Waals surface area contributed by atoms with E-state index in [4.69, 9.17) is 16.1 Å². The molecular formula is C21H24ClN3O3. The molecule has 1 aliphatic carbocycles. The SMILES string of the molecule is Cc1cc(C(=O)N2CCCN(C(=O)C3(c4ccc(Cl)cc4)CCC3)CC2)no1. The van der Waals surface area contributed by atoms with Gasteiger partial charge in [-0.1, -0.05) is 35.3 Å². The van der Waals surface area contributed by atoms with Crippen molar-refractivity contribution >= 4 is 23.4 Å². The molecule has 1 saturated heterocycles. The highest BCUT2D eigenvalue weighted by Gasteiger charge is 2.47. The lowest BCUT2D eigenvalue weighted by molar-refractivity contribution is -0.140. The summed E-state index contributed by atoms with van der Waals surface area (Å²) in [6.45, 7) is 4.09. The summed E-state index contributed by atoms with van der Waals surface area (Å²) in [6, 6.07) is 9.31. The highest BCUT2D eigenvalue weighted by Crippen LogP contribution is 2.45. The number of benzene rings is 1. The molecule has 1 aliphatic heterocycles. The van der Waals surface area contributed by atoms with E-state index in [1.54, 1.807) is 17.9 Å². The first kappa shape index (κ1) is 19.0. The van der Waals surface area contributed by atoms with E-state index in [9.17, 15) is 9.59 Å². The van der Waals surface area contributed by atoms with E-state index in [2.05, 4.69) is 5.16 Å². The van der Waals surface area contributed by atoms with Gasteiger partial charge in [0.2, 0.25) is 5.91 Å². The van der Waals surface area contributed by atoms with Crippen LogP contribution in [0.2, 0.25) is 5.02 Å². The minimum absolute atomic E-state index is 0.137. The number of rotatable bonds is 3. The molecule has 2 heterocycles. The van der Waals surface area contributed by atoms with Gasteiger partial charge in [0, 0.05) is 37.3 Å². The first-order valence-electron chi connectivity index (χ1n) is 9.78. The molecule has 2 aliphatic rings. The summed E-state index contributed by atoms with van der Waals surface area (Å²) in [7, 11) is 0. The van der Waals surface area contributed by atoms with E-state index in [0.717, 1.165) is 31.2 Å². The molecule has 2 amide bonds. The molecule has 28 heavy (non-hydrogen) atoms. The third-order valence-corrected chi connectivity index (χ3v) is 6.18. The van der Waals surface area contributed by atoms with Crippen LogP contribution in [0.25, 0.3) is 0 Å². The fraction of sp³-hybridized carbons (Fsp3) is 0.476. The van der Waals surface area contributed by atoms with Gasteiger partial charge < -0.3 is 14.3 Å². The van der Waals surface area contributed by atoms with Gasteiger partial charge in [-0.2, -0.15) is 0 Å². The van der Waals surface area contributed by atoms with Gasteiger partial charge in [0.15, 0.2) is 5.69 Å². The van der Waals surface area contributed by atoms with Crippen molar-refractivity contribution in [2.24, 2.45) is 0 Å². The summed E-state index contributed by atoms with van der Waals surface area (Å²) >= 11 is 6.03. The zero-order valence-corrected chi connectivity index (χ0v) is 16.7. The predicted octanol–water partition coefficient (Wildman–Crippen LogP) is 3.43. The first-order valence-corrected chi connectivity index (χ1v) is 10.2. The quantitative estimate of drug-likeness (QED) is 0.790. The Bertz CT molecular complexity index is 873. The minimum Gasteiger partial charge on any atom is -0.361 e. The molecule has 4 rings (SSSR count). The van der Waals surface area contributed by atoms with E-state index in [0.29, 0.717) is 42.7 Å². The molecule has 0 bridgehead atoms. The van der Waals surface area contributed by atoms with Gasteiger partial charge >= 0.3 is 0 Å². The molecule has 0 atom stereocenters. The number of amides is 2. The Kier molecular flexibility index (Phi) is 5.15. The minimum atomic E-state index is -0.438. The highest BCUT2D eigenvalue weighted by atomic mass is 35.5. The first-order chi connectivity index (χ1) is 13.5. The maximum atomic E-state index is 13.5. The Morgan fingerprint density at radius 1 is 1.04 bits per heavy atom. The Hall–Kier alpha value is -2.34. The van der Waals surface area contributed by atoms with Crippen LogP contribution in [0, 0.1) is 6.92 Å². The van der Waals surface area contributed by atoms with Crippen LogP contribution in [0.3, 0.4) is 0 Å². The summed E-state index contributed by atoms with van der Waals surface area (Å²) in [4.78, 5) is 29.8. The molecular weight excluding hydrogens is 378 g/mol. The van der Waals surface area contributed by atoms with Crippen molar-refractivity contribution in [2.75, 3.05) is 26.2 Å². The second-order valence-electron chi connectivity index (χ2n) is 7.70. The van der Waals surface area contributed by atoms with Gasteiger partial charge in [-0.05, 0) is 43.9 Å². The summed E-state index contributed by atoms with van der Waals surface area (Å²) in [5.41, 5.74) is 0.935. The van der Waals surface area contributed by atoms with Crippen molar-refractivity contribution in [2.45, 2.75) is 38.0 Å². The number of carbonyl (C=O) groups is 2. The van der Waals surface area contributed by atoms with E-state index < -0.39 is 5.41 Å². The average molecular weight is 402 g/mol. The lowest BCUT2D eigenvalue weighted by Crippen LogP contribution is -2.52. The van der Waals surface area contributed by atoms with E-state index in [1.165, 1.54) is 0 Å². The van der Waals surface area contributed by atoms with Gasteiger partial charge in [0.1, 0.15) is 5.76 Å². The maximum Gasteiger partial charge on any atom is 0.276 e. The zero-order valence-electron chi connectivity index (χ0n) is 16.0. The summed E-state index contributed by atoms with van der Waals surface area (Å²) in [5, 5.41) is 4.50. The van der Waals surface area contributed by atoms with Crippen molar-refractivity contribution in [1.29, 1.82) is 0 Å². The molecule has 0 spiro atoms. The maximum absolute atomic E-state index is 13.5. The zero-order chi connectivity index (χ0) is 19.7. The lowest BCUT2D eigenvalue weighted by Gasteiger charge is -2.44. The number of aromatic nitrogens is 1. The van der Waals surface area contributed by atoms with Gasteiger partial charge in [0.05, 0.1) is 5.41 Å². The summed E-state index contributed by atoms with van der Waals surface area (Å²) < 4.78 is 5.02. The fourth-order valence-electron chi connectivity index (χ4n) is 4.18. The average Bonchev–Trinajstić information content (AvgIpc) is 2.94. The van der Waals surface area contributed by atoms with Crippen LogP contribution in [-0.4, -0.2) is 52.9 Å². The normalized spacial score (nSPS) is 19.1. The smallest absolute Gasteiger partial charge is 0.276 e. The van der Waals surface area contributed by atoms with Crippen LogP contribution in [-0.2, 0) is 10.2 Å². The number of halogens is 1. The molecule has 1 aromatic heterocycles. The van der Waals surface area contributed by atoms with Crippen molar-refractivity contribution in [3.8, 4) is 0 Å². The van der Waals surface area contributed by atoms with Crippen molar-refractivity contribution < 1.29 is 14.1 Å². The van der Waals surface area contributed by atoms with Gasteiger partial charge in [0.25, 0.3) is 5.91 Å². The van der Waals surface area contributed by atoms with Crippen molar-refractivity contribution in [3.63, 3.8) is 0 Å². The number of nitrogens with zero attached hydrogens (tertiary/aromatic N) is 3. The van der Waals surface area contributed by atoms with E-state index in [-0.39, 0.29) is 11.8 Å². The molecule has 0 unspecified atom stereocenters. The van der Waals surface area contributed by atoms with E-state index >= 15 is 0 Å². The van der Waals surface area contributed by atoms with Crippen molar-refractivity contribution in [3.05, 3.63) is 52.4 Å². The Morgan fingerprint density at radius 2 is 1.71 bits per heavy atom. The van der Waals surface area contributed by atoms with Crippen LogP contribution in [0.4, 0.5) is 0 Å². The second kappa shape index (κ2) is 7.59. The molecule has 6 nitrogen and oxygen atoms in total. The monoisotopic (exact) mass is 401 g/mol. The molecule has 0 N–H and O–H groups in total. The molecule has 2 fully saturated rings. The summed E-state index contributed by atoms with van der Waals surface area (Å²) in [6.07, 6.45) is 3.54. The topological polar surface area (TPSA) is 66.7 Å². The largest absolute Gasteiger partial charge is 0.361 e.